The number of allylic oxidation sites excluding steroid dienone is 3. The van der Waals surface area contributed by atoms with Crippen LogP contribution in [-0.4, -0.2) is 5.11 Å². The first-order chi connectivity index (χ1) is 5.41. The third kappa shape index (κ3) is 9.28. The summed E-state index contributed by atoms with van der Waals surface area (Å²) in [7, 11) is 0. The molecule has 0 saturated heterocycles. The predicted octanol–water partition coefficient (Wildman–Crippen LogP) is 3.58. The molecule has 0 fully saturated rings. The van der Waals surface area contributed by atoms with Gasteiger partial charge in [-0.2, -0.15) is 0 Å². The molecule has 0 spiro atoms. The molecule has 1 nitrogen and oxygen atoms in total. The second kappa shape index (κ2) is 9.28. The average molecular weight is 154 g/mol. The topological polar surface area (TPSA) is 20.2 Å². The van der Waals surface area contributed by atoms with Crippen molar-refractivity contribution >= 4 is 0 Å². The first-order valence-electron chi connectivity index (χ1n) is 4.36. The van der Waals surface area contributed by atoms with Crippen LogP contribution in [0.2, 0.25) is 0 Å². The zero-order valence-electron chi connectivity index (χ0n) is 7.29. The Morgan fingerprint density at radius 3 is 2.27 bits per heavy atom. The van der Waals surface area contributed by atoms with Gasteiger partial charge in [-0.05, 0) is 25.7 Å². The van der Waals surface area contributed by atoms with Crippen molar-refractivity contribution in [2.45, 2.75) is 39.0 Å². The van der Waals surface area contributed by atoms with E-state index >= 15 is 0 Å². The van der Waals surface area contributed by atoms with Crippen LogP contribution >= 0.6 is 0 Å². The number of hydrogen-bond donors (Lipinski definition) is 1. The third-order valence-electron chi connectivity index (χ3n) is 1.47. The molecule has 0 bridgehead atoms. The minimum Gasteiger partial charge on any atom is -0.516 e. The Morgan fingerprint density at radius 2 is 1.64 bits per heavy atom. The second-order valence-electron chi connectivity index (χ2n) is 2.58. The fourth-order valence-electron chi connectivity index (χ4n) is 0.830. The smallest absolute Gasteiger partial charge is 0.0751 e. The predicted molar refractivity (Wildman–Crippen MR) is 49.7 cm³/mol. The lowest BCUT2D eigenvalue weighted by molar-refractivity contribution is 0.470. The van der Waals surface area contributed by atoms with Gasteiger partial charge in [0.15, 0.2) is 0 Å². The van der Waals surface area contributed by atoms with E-state index < -0.39 is 0 Å². The van der Waals surface area contributed by atoms with Crippen LogP contribution in [0.25, 0.3) is 0 Å². The van der Waals surface area contributed by atoms with Crippen molar-refractivity contribution in [2.75, 3.05) is 0 Å². The molecule has 0 saturated carbocycles. The Hall–Kier alpha value is -0.720. The lowest BCUT2D eigenvalue weighted by Crippen LogP contribution is -1.69. The Labute approximate surface area is 69.4 Å². The van der Waals surface area contributed by atoms with E-state index in [1.807, 2.05) is 0 Å². The molecule has 0 radical (unpaired) electrons. The van der Waals surface area contributed by atoms with Crippen LogP contribution in [0.3, 0.4) is 0 Å². The van der Waals surface area contributed by atoms with E-state index in [0.717, 1.165) is 25.5 Å². The monoisotopic (exact) mass is 154 g/mol. The van der Waals surface area contributed by atoms with E-state index in [-0.39, 0.29) is 0 Å². The molecule has 0 rings (SSSR count). The van der Waals surface area contributed by atoms with Crippen molar-refractivity contribution in [1.82, 2.24) is 0 Å². The molecular weight excluding hydrogens is 136 g/mol. The summed E-state index contributed by atoms with van der Waals surface area (Å²) in [6, 6.07) is 0. The quantitative estimate of drug-likeness (QED) is 0.352. The van der Waals surface area contributed by atoms with Crippen LogP contribution in [0, 0.1) is 0 Å². The molecule has 0 amide bonds. The zero-order chi connectivity index (χ0) is 8.36. The van der Waals surface area contributed by atoms with Gasteiger partial charge in [-0.1, -0.05) is 31.6 Å². The van der Waals surface area contributed by atoms with Gasteiger partial charge >= 0.3 is 0 Å². The number of aliphatic hydroxyl groups is 1. The number of aliphatic hydroxyl groups excluding tert-OH is 1. The van der Waals surface area contributed by atoms with Crippen LogP contribution < -0.4 is 0 Å². The second-order valence-corrected chi connectivity index (χ2v) is 2.58. The van der Waals surface area contributed by atoms with Crippen molar-refractivity contribution in [3.63, 3.8) is 0 Å². The van der Waals surface area contributed by atoms with Gasteiger partial charge in [0.2, 0.25) is 0 Å². The highest BCUT2D eigenvalue weighted by Crippen LogP contribution is 1.98. The van der Waals surface area contributed by atoms with Gasteiger partial charge in [-0.15, -0.1) is 0 Å². The van der Waals surface area contributed by atoms with Crippen molar-refractivity contribution in [1.29, 1.82) is 0 Å². The lowest BCUT2D eigenvalue weighted by Gasteiger charge is -1.88. The van der Waals surface area contributed by atoms with Gasteiger partial charge in [0.05, 0.1) is 6.26 Å². The van der Waals surface area contributed by atoms with E-state index in [9.17, 15) is 0 Å². The molecule has 0 aromatic carbocycles. The van der Waals surface area contributed by atoms with Crippen molar-refractivity contribution in [3.8, 4) is 0 Å². The number of unbranched alkanes of at least 4 members (excludes halogenated alkanes) is 3. The summed E-state index contributed by atoms with van der Waals surface area (Å²) in [5.74, 6) is 0. The SMILES string of the molecule is CCC/C=C/CCC/C=C/O. The van der Waals surface area contributed by atoms with Crippen LogP contribution in [0.1, 0.15) is 39.0 Å². The first-order valence-corrected chi connectivity index (χ1v) is 4.36. The molecule has 1 N–H and O–H groups in total. The maximum absolute atomic E-state index is 8.31. The summed E-state index contributed by atoms with van der Waals surface area (Å²) in [5, 5.41) is 8.31. The molecule has 0 aliphatic heterocycles. The normalized spacial score (nSPS) is 11.7. The fourth-order valence-corrected chi connectivity index (χ4v) is 0.830. The van der Waals surface area contributed by atoms with E-state index in [4.69, 9.17) is 5.11 Å². The van der Waals surface area contributed by atoms with E-state index in [0.29, 0.717) is 0 Å². The maximum Gasteiger partial charge on any atom is 0.0751 e. The van der Waals surface area contributed by atoms with Crippen molar-refractivity contribution < 1.29 is 5.11 Å². The molecule has 0 heterocycles. The summed E-state index contributed by atoms with van der Waals surface area (Å²) in [6.45, 7) is 2.18. The molecule has 0 atom stereocenters. The minimum absolute atomic E-state index is 0.979. The standard InChI is InChI=1S/C10H18O/c1-2-3-4-5-6-7-8-9-10-11/h4-5,9-11H,2-3,6-8H2,1H3/b5-4+,10-9+. The summed E-state index contributed by atoms with van der Waals surface area (Å²) in [6.07, 6.45) is 13.0. The summed E-state index contributed by atoms with van der Waals surface area (Å²) < 4.78 is 0. The Kier molecular flexibility index (Phi) is 8.67. The Bertz CT molecular complexity index is 114. The summed E-state index contributed by atoms with van der Waals surface area (Å²) in [5.41, 5.74) is 0. The zero-order valence-corrected chi connectivity index (χ0v) is 7.29. The average Bonchev–Trinajstić information content (AvgIpc) is 2.03. The molecule has 0 unspecified atom stereocenters. The maximum atomic E-state index is 8.31. The number of hydrogen-bond acceptors (Lipinski definition) is 1. The van der Waals surface area contributed by atoms with Gasteiger partial charge in [0.25, 0.3) is 0 Å². The molecular formula is C10H18O. The number of rotatable bonds is 6. The highest BCUT2D eigenvalue weighted by Gasteiger charge is 1.79. The van der Waals surface area contributed by atoms with Crippen LogP contribution in [0.15, 0.2) is 24.5 Å². The largest absolute Gasteiger partial charge is 0.516 e. The fraction of sp³-hybridized carbons (Fsp3) is 0.600. The Balaban J connectivity index is 3.00. The van der Waals surface area contributed by atoms with E-state index in [2.05, 4.69) is 19.1 Å². The third-order valence-corrected chi connectivity index (χ3v) is 1.47. The van der Waals surface area contributed by atoms with Gasteiger partial charge in [0.1, 0.15) is 0 Å². The first kappa shape index (κ1) is 10.3. The molecule has 64 valence electrons. The van der Waals surface area contributed by atoms with Crippen LogP contribution in [0.5, 0.6) is 0 Å². The van der Waals surface area contributed by atoms with Gasteiger partial charge in [-0.3, -0.25) is 0 Å². The molecule has 0 aromatic heterocycles. The van der Waals surface area contributed by atoms with Gasteiger partial charge < -0.3 is 5.11 Å². The van der Waals surface area contributed by atoms with E-state index in [1.165, 1.54) is 12.8 Å². The molecule has 1 heteroatoms. The molecule has 0 aliphatic rings. The van der Waals surface area contributed by atoms with Crippen LogP contribution in [0.4, 0.5) is 0 Å². The van der Waals surface area contributed by atoms with Crippen molar-refractivity contribution in [3.05, 3.63) is 24.5 Å². The van der Waals surface area contributed by atoms with E-state index in [1.54, 1.807) is 6.08 Å². The molecule has 0 aromatic rings. The Morgan fingerprint density at radius 1 is 1.00 bits per heavy atom. The van der Waals surface area contributed by atoms with Crippen molar-refractivity contribution in [2.24, 2.45) is 0 Å². The van der Waals surface area contributed by atoms with Crippen LogP contribution in [-0.2, 0) is 0 Å². The molecule has 0 aliphatic carbocycles. The summed E-state index contributed by atoms with van der Waals surface area (Å²) >= 11 is 0. The minimum atomic E-state index is 0.979. The van der Waals surface area contributed by atoms with Gasteiger partial charge in [-0.25, -0.2) is 0 Å². The molecule has 11 heavy (non-hydrogen) atoms. The van der Waals surface area contributed by atoms with Gasteiger partial charge in [0, 0.05) is 0 Å². The lowest BCUT2D eigenvalue weighted by atomic mass is 10.2. The highest BCUT2D eigenvalue weighted by molar-refractivity contribution is 4.82. The highest BCUT2D eigenvalue weighted by atomic mass is 16.2. The summed E-state index contributed by atoms with van der Waals surface area (Å²) in [4.78, 5) is 0.